The molecule has 1 rings (SSSR count). The van der Waals surface area contributed by atoms with E-state index >= 15 is 0 Å². The van der Waals surface area contributed by atoms with Crippen LogP contribution in [0.5, 0.6) is 0 Å². The molecule has 1 aromatic carbocycles. The van der Waals surface area contributed by atoms with E-state index in [4.69, 9.17) is 5.53 Å². The molecule has 0 aliphatic carbocycles. The number of aryl methyl sites for hydroxylation is 1. The summed E-state index contributed by atoms with van der Waals surface area (Å²) in [5.41, 5.74) is 10.3. The van der Waals surface area contributed by atoms with Gasteiger partial charge in [-0.05, 0) is 52.6 Å². The first-order chi connectivity index (χ1) is 6.77. The first-order valence-corrected chi connectivity index (χ1v) is 5.69. The molecule has 0 N–H and O–H groups in total. The Balaban J connectivity index is 2.83. The molecule has 0 atom stereocenters. The Morgan fingerprint density at radius 2 is 2.29 bits per heavy atom. The van der Waals surface area contributed by atoms with E-state index in [-0.39, 0.29) is 0 Å². The number of unbranched alkanes of at least 4 members (excludes halogenated alkanes) is 1. The van der Waals surface area contributed by atoms with Gasteiger partial charge in [0.25, 0.3) is 0 Å². The molecule has 1 aromatic rings. The molecule has 3 nitrogen and oxygen atoms in total. The lowest BCUT2D eigenvalue weighted by Crippen LogP contribution is -1.85. The van der Waals surface area contributed by atoms with Crippen LogP contribution in [-0.4, -0.2) is 0 Å². The van der Waals surface area contributed by atoms with Gasteiger partial charge in [0.15, 0.2) is 0 Å². The third kappa shape index (κ3) is 3.20. The molecular weight excluding hydrogens is 289 g/mol. The Kier molecular flexibility index (Phi) is 4.76. The molecule has 0 aliphatic rings. The maximum Gasteiger partial charge on any atom is 0.0509 e. The van der Waals surface area contributed by atoms with Gasteiger partial charge in [-0.15, -0.1) is 0 Å². The molecule has 4 heteroatoms. The normalized spacial score (nSPS) is 9.57. The van der Waals surface area contributed by atoms with Crippen LogP contribution >= 0.6 is 22.6 Å². The minimum absolute atomic E-state index is 0.716. The second kappa shape index (κ2) is 5.88. The molecule has 0 saturated heterocycles. The summed E-state index contributed by atoms with van der Waals surface area (Å²) in [6.45, 7) is 2.18. The van der Waals surface area contributed by atoms with Crippen molar-refractivity contribution < 1.29 is 0 Å². The van der Waals surface area contributed by atoms with Gasteiger partial charge in [0, 0.05) is 8.48 Å². The molecule has 14 heavy (non-hydrogen) atoms. The second-order valence-electron chi connectivity index (χ2n) is 3.08. The average molecular weight is 301 g/mol. The maximum absolute atomic E-state index is 8.31. The van der Waals surface area contributed by atoms with Gasteiger partial charge in [0.05, 0.1) is 5.69 Å². The summed E-state index contributed by atoms with van der Waals surface area (Å²) in [5.74, 6) is 0. The Labute approximate surface area is 97.3 Å². The van der Waals surface area contributed by atoms with Crippen molar-refractivity contribution in [3.8, 4) is 0 Å². The summed E-state index contributed by atoms with van der Waals surface area (Å²) < 4.78 is 1.02. The molecule has 0 aliphatic heterocycles. The molecule has 0 fully saturated rings. The summed E-state index contributed by atoms with van der Waals surface area (Å²) in [4.78, 5) is 2.78. The lowest BCUT2D eigenvalue weighted by Gasteiger charge is -2.02. The minimum atomic E-state index is 0.716. The molecule has 0 bridgehead atoms. The van der Waals surface area contributed by atoms with Crippen molar-refractivity contribution in [1.82, 2.24) is 0 Å². The van der Waals surface area contributed by atoms with Gasteiger partial charge in [0.1, 0.15) is 0 Å². The fourth-order valence-corrected chi connectivity index (χ4v) is 1.90. The van der Waals surface area contributed by atoms with Crippen molar-refractivity contribution in [1.29, 1.82) is 0 Å². The average Bonchev–Trinajstić information content (AvgIpc) is 2.19. The summed E-state index contributed by atoms with van der Waals surface area (Å²) in [7, 11) is 0. The van der Waals surface area contributed by atoms with E-state index in [1.54, 1.807) is 0 Å². The number of hydrogen-bond donors (Lipinski definition) is 0. The highest BCUT2D eigenvalue weighted by Gasteiger charge is 1.98. The Hall–Kier alpha value is -0.740. The predicted molar refractivity (Wildman–Crippen MR) is 66.6 cm³/mol. The highest BCUT2D eigenvalue weighted by atomic mass is 127. The van der Waals surface area contributed by atoms with E-state index in [0.29, 0.717) is 5.69 Å². The van der Waals surface area contributed by atoms with Crippen molar-refractivity contribution >= 4 is 28.3 Å². The molecule has 0 saturated carbocycles. The van der Waals surface area contributed by atoms with Crippen molar-refractivity contribution in [3.63, 3.8) is 0 Å². The van der Waals surface area contributed by atoms with Gasteiger partial charge in [-0.25, -0.2) is 0 Å². The van der Waals surface area contributed by atoms with E-state index in [1.165, 1.54) is 18.4 Å². The fourth-order valence-electron chi connectivity index (χ4n) is 1.22. The number of azide groups is 1. The van der Waals surface area contributed by atoms with E-state index in [9.17, 15) is 0 Å². The Morgan fingerprint density at radius 3 is 2.86 bits per heavy atom. The quantitative estimate of drug-likeness (QED) is 0.338. The summed E-state index contributed by atoms with van der Waals surface area (Å²) in [6, 6.07) is 5.99. The molecule has 74 valence electrons. The molecule has 0 heterocycles. The monoisotopic (exact) mass is 301 g/mol. The van der Waals surface area contributed by atoms with Crippen LogP contribution in [0.1, 0.15) is 25.3 Å². The minimum Gasteiger partial charge on any atom is -0.0654 e. The van der Waals surface area contributed by atoms with Crippen molar-refractivity contribution in [2.75, 3.05) is 0 Å². The topological polar surface area (TPSA) is 48.8 Å². The van der Waals surface area contributed by atoms with Gasteiger partial charge in [-0.1, -0.05) is 30.6 Å². The van der Waals surface area contributed by atoms with E-state index in [1.807, 2.05) is 12.1 Å². The van der Waals surface area contributed by atoms with Crippen LogP contribution in [0.2, 0.25) is 0 Å². The zero-order chi connectivity index (χ0) is 10.4. The van der Waals surface area contributed by atoms with Crippen LogP contribution in [0.15, 0.2) is 23.3 Å². The molecule has 0 radical (unpaired) electrons. The summed E-state index contributed by atoms with van der Waals surface area (Å²) >= 11 is 2.20. The zero-order valence-corrected chi connectivity index (χ0v) is 10.2. The van der Waals surface area contributed by atoms with E-state index < -0.39 is 0 Å². The molecule has 0 amide bonds. The van der Waals surface area contributed by atoms with Gasteiger partial charge in [0.2, 0.25) is 0 Å². The van der Waals surface area contributed by atoms with Gasteiger partial charge >= 0.3 is 0 Å². The van der Waals surface area contributed by atoms with Gasteiger partial charge in [-0.2, -0.15) is 0 Å². The Morgan fingerprint density at radius 1 is 1.50 bits per heavy atom. The van der Waals surface area contributed by atoms with E-state index in [2.05, 4.69) is 45.6 Å². The van der Waals surface area contributed by atoms with Gasteiger partial charge in [-0.3, -0.25) is 0 Å². The van der Waals surface area contributed by atoms with E-state index in [0.717, 1.165) is 9.99 Å². The maximum atomic E-state index is 8.31. The predicted octanol–water partition coefficient (Wildman–Crippen LogP) is 4.58. The number of rotatable bonds is 4. The lowest BCUT2D eigenvalue weighted by molar-refractivity contribution is 0.795. The van der Waals surface area contributed by atoms with Crippen LogP contribution in [0.25, 0.3) is 10.4 Å². The third-order valence-electron chi connectivity index (χ3n) is 1.98. The van der Waals surface area contributed by atoms with Crippen LogP contribution in [0.4, 0.5) is 5.69 Å². The summed E-state index contributed by atoms with van der Waals surface area (Å²) in [5, 5.41) is 3.60. The highest BCUT2D eigenvalue weighted by molar-refractivity contribution is 14.1. The number of nitrogens with zero attached hydrogens (tertiary/aromatic N) is 3. The van der Waals surface area contributed by atoms with Crippen LogP contribution < -0.4 is 0 Å². The largest absolute Gasteiger partial charge is 0.0654 e. The van der Waals surface area contributed by atoms with Crippen LogP contribution in [0, 0.1) is 3.57 Å². The highest BCUT2D eigenvalue weighted by Crippen LogP contribution is 2.23. The molecule has 0 aromatic heterocycles. The second-order valence-corrected chi connectivity index (χ2v) is 4.24. The molecular formula is C10H12IN3. The third-order valence-corrected chi connectivity index (χ3v) is 2.85. The molecule has 0 spiro atoms. The first-order valence-electron chi connectivity index (χ1n) is 4.61. The first kappa shape index (κ1) is 11.3. The van der Waals surface area contributed by atoms with Crippen LogP contribution in [0.3, 0.4) is 0 Å². The van der Waals surface area contributed by atoms with Crippen molar-refractivity contribution in [2.45, 2.75) is 26.2 Å². The Bertz CT molecular complexity index is 356. The lowest BCUT2D eigenvalue weighted by atomic mass is 10.1. The number of hydrogen-bond acceptors (Lipinski definition) is 1. The fraction of sp³-hybridized carbons (Fsp3) is 0.400. The SMILES string of the molecule is CCCCc1ccc(N=[N+]=[N-])c(I)c1. The van der Waals surface area contributed by atoms with Crippen LogP contribution in [-0.2, 0) is 6.42 Å². The summed E-state index contributed by atoms with van der Waals surface area (Å²) in [6.07, 6.45) is 3.51. The number of benzene rings is 1. The molecule has 0 unspecified atom stereocenters. The standard InChI is InChI=1S/C10H12IN3/c1-2-3-4-8-5-6-10(13-14-12)9(11)7-8/h5-7H,2-4H2,1H3. The van der Waals surface area contributed by atoms with Crippen molar-refractivity contribution in [2.24, 2.45) is 5.11 Å². The van der Waals surface area contributed by atoms with Crippen molar-refractivity contribution in [3.05, 3.63) is 37.8 Å². The smallest absolute Gasteiger partial charge is 0.0509 e. The van der Waals surface area contributed by atoms with Gasteiger partial charge < -0.3 is 0 Å². The number of halogens is 1. The zero-order valence-electron chi connectivity index (χ0n) is 8.07.